The van der Waals surface area contributed by atoms with E-state index >= 15 is 0 Å². The largest absolute Gasteiger partial charge is 0.409 e. The summed E-state index contributed by atoms with van der Waals surface area (Å²) in [5.41, 5.74) is 0.450. The van der Waals surface area contributed by atoms with Gasteiger partial charge < -0.3 is 14.5 Å². The van der Waals surface area contributed by atoms with Crippen LogP contribution >= 0.6 is 11.8 Å². The summed E-state index contributed by atoms with van der Waals surface area (Å²) in [7, 11) is -1.90. The molecule has 0 aromatic carbocycles. The van der Waals surface area contributed by atoms with Crippen LogP contribution in [0.3, 0.4) is 0 Å². The molecule has 134 valence electrons. The van der Waals surface area contributed by atoms with Gasteiger partial charge in [-0.15, -0.1) is 0 Å². The molecule has 1 fully saturated rings. The van der Waals surface area contributed by atoms with Crippen LogP contribution in [0, 0.1) is 0 Å². The van der Waals surface area contributed by atoms with Gasteiger partial charge in [0.15, 0.2) is 19.8 Å². The zero-order valence-electron chi connectivity index (χ0n) is 15.3. The molecule has 8 heteroatoms. The van der Waals surface area contributed by atoms with Crippen molar-refractivity contribution in [2.24, 2.45) is 0 Å². The van der Waals surface area contributed by atoms with Crippen LogP contribution in [0.15, 0.2) is 11.4 Å². The number of ether oxygens (including phenoxy) is 1. The number of aromatic nitrogens is 2. The first-order valence-corrected chi connectivity index (χ1v) is 12.2. The van der Waals surface area contributed by atoms with Crippen LogP contribution in [0.5, 0.6) is 0 Å². The zero-order chi connectivity index (χ0) is 18.0. The number of rotatable bonds is 6. The molecule has 1 aromatic heterocycles. The molecular weight excluding hydrogens is 342 g/mol. The number of anilines is 1. The van der Waals surface area contributed by atoms with Gasteiger partial charge in [-0.25, -0.2) is 9.97 Å². The molecule has 24 heavy (non-hydrogen) atoms. The van der Waals surface area contributed by atoms with Gasteiger partial charge >= 0.3 is 0 Å². The molecule has 2 atom stereocenters. The third-order valence-electron chi connectivity index (χ3n) is 4.71. The van der Waals surface area contributed by atoms with Crippen LogP contribution in [-0.2, 0) is 9.16 Å². The van der Waals surface area contributed by atoms with Crippen LogP contribution in [-0.4, -0.2) is 56.2 Å². The van der Waals surface area contributed by atoms with Crippen LogP contribution in [0.2, 0.25) is 18.1 Å². The maximum Gasteiger partial charge on any atom is 0.192 e. The average molecular weight is 370 g/mol. The second-order valence-corrected chi connectivity index (χ2v) is 13.0. The van der Waals surface area contributed by atoms with E-state index in [4.69, 9.17) is 9.16 Å². The van der Waals surface area contributed by atoms with Crippen LogP contribution in [0.25, 0.3) is 0 Å². The quantitative estimate of drug-likeness (QED) is 0.357. The Balaban J connectivity index is 2.16. The Morgan fingerprint density at radius 1 is 1.42 bits per heavy atom. The van der Waals surface area contributed by atoms with Crippen molar-refractivity contribution in [2.75, 3.05) is 24.8 Å². The monoisotopic (exact) mass is 369 g/mol. The van der Waals surface area contributed by atoms with E-state index in [-0.39, 0.29) is 17.2 Å². The molecule has 0 radical (unpaired) electrons. The molecule has 0 aliphatic carbocycles. The minimum absolute atomic E-state index is 0.0255. The van der Waals surface area contributed by atoms with E-state index in [1.165, 1.54) is 11.8 Å². The summed E-state index contributed by atoms with van der Waals surface area (Å²) in [5.74, 6) is 0.545. The fraction of sp³-hybridized carbons (Fsp3) is 0.688. The highest BCUT2D eigenvalue weighted by Crippen LogP contribution is 2.38. The molecule has 2 heterocycles. The number of nitrogens with one attached hydrogen (secondary N) is 1. The molecule has 2 unspecified atom stereocenters. The molecule has 0 amide bonds. The van der Waals surface area contributed by atoms with Crippen molar-refractivity contribution in [1.82, 2.24) is 9.97 Å². The van der Waals surface area contributed by atoms with E-state index < -0.39 is 8.32 Å². The summed E-state index contributed by atoms with van der Waals surface area (Å²) >= 11 is 1.44. The SMILES string of the molecule is CSc1ncc(C=O)c(NC2COCC2O[Si](C)(C)C(C)(C)C)n1. The summed E-state index contributed by atoms with van der Waals surface area (Å²) in [6.07, 6.45) is 4.18. The molecule has 1 aliphatic heterocycles. The number of carbonyl (C=O) groups is 1. The van der Waals surface area contributed by atoms with E-state index in [0.717, 1.165) is 6.29 Å². The van der Waals surface area contributed by atoms with Crippen LogP contribution in [0.1, 0.15) is 31.1 Å². The number of hydrogen-bond donors (Lipinski definition) is 1. The standard InChI is InChI=1S/C16H27N3O3SSi/c1-16(2,3)24(5,6)22-13-10-21-9-12(13)18-14-11(8-20)7-17-15(19-14)23-4/h7-8,12-13H,9-10H2,1-6H3,(H,17,18,19). The zero-order valence-corrected chi connectivity index (χ0v) is 17.1. The van der Waals surface area contributed by atoms with Gasteiger partial charge in [0, 0.05) is 6.20 Å². The van der Waals surface area contributed by atoms with E-state index in [9.17, 15) is 4.79 Å². The summed E-state index contributed by atoms with van der Waals surface area (Å²) in [6, 6.07) is -0.0255. The predicted octanol–water partition coefficient (Wildman–Crippen LogP) is 3.21. The molecule has 2 rings (SSSR count). The molecule has 0 saturated carbocycles. The lowest BCUT2D eigenvalue weighted by molar-refractivity contribution is 0.112. The molecular formula is C16H27N3O3SSi. The maximum absolute atomic E-state index is 11.3. The highest BCUT2D eigenvalue weighted by atomic mass is 32.2. The van der Waals surface area contributed by atoms with Gasteiger partial charge in [-0.2, -0.15) is 0 Å². The van der Waals surface area contributed by atoms with E-state index in [0.29, 0.717) is 29.8 Å². The summed E-state index contributed by atoms with van der Waals surface area (Å²) < 4.78 is 12.1. The number of carbonyl (C=O) groups excluding carboxylic acids is 1. The first-order chi connectivity index (χ1) is 11.2. The van der Waals surface area contributed by atoms with Gasteiger partial charge in [0.25, 0.3) is 0 Å². The average Bonchev–Trinajstić information content (AvgIpc) is 2.92. The topological polar surface area (TPSA) is 73.3 Å². The molecule has 0 bridgehead atoms. The Hall–Kier alpha value is -0.963. The number of hydrogen-bond acceptors (Lipinski definition) is 7. The number of nitrogens with zero attached hydrogens (tertiary/aromatic N) is 2. The highest BCUT2D eigenvalue weighted by Gasteiger charge is 2.42. The summed E-state index contributed by atoms with van der Waals surface area (Å²) in [6.45, 7) is 12.2. The van der Waals surface area contributed by atoms with Crippen molar-refractivity contribution in [2.45, 2.75) is 56.2 Å². The Morgan fingerprint density at radius 3 is 2.71 bits per heavy atom. The minimum Gasteiger partial charge on any atom is -0.409 e. The highest BCUT2D eigenvalue weighted by molar-refractivity contribution is 7.98. The van der Waals surface area contributed by atoms with Crippen LogP contribution in [0.4, 0.5) is 5.82 Å². The Morgan fingerprint density at radius 2 is 2.12 bits per heavy atom. The van der Waals surface area contributed by atoms with Crippen molar-refractivity contribution in [1.29, 1.82) is 0 Å². The van der Waals surface area contributed by atoms with Crippen molar-refractivity contribution < 1.29 is 14.0 Å². The first kappa shape index (κ1) is 19.4. The Bertz CT molecular complexity index is 592. The lowest BCUT2D eigenvalue weighted by Gasteiger charge is -2.39. The van der Waals surface area contributed by atoms with Gasteiger partial charge in [-0.3, -0.25) is 4.79 Å². The van der Waals surface area contributed by atoms with Crippen molar-refractivity contribution in [3.63, 3.8) is 0 Å². The third kappa shape index (κ3) is 4.36. The Labute approximate surface area is 149 Å². The van der Waals surface area contributed by atoms with E-state index in [1.54, 1.807) is 6.20 Å². The second-order valence-electron chi connectivity index (χ2n) is 7.48. The first-order valence-electron chi connectivity index (χ1n) is 8.06. The smallest absolute Gasteiger partial charge is 0.192 e. The molecule has 1 saturated heterocycles. The number of thioether (sulfide) groups is 1. The van der Waals surface area contributed by atoms with E-state index in [1.807, 2.05) is 6.26 Å². The van der Waals surface area contributed by atoms with Gasteiger partial charge in [0.2, 0.25) is 0 Å². The molecule has 1 N–H and O–H groups in total. The molecule has 1 aromatic rings. The van der Waals surface area contributed by atoms with Gasteiger partial charge in [-0.05, 0) is 24.4 Å². The minimum atomic E-state index is -1.90. The van der Waals surface area contributed by atoms with Crippen molar-refractivity contribution in [3.8, 4) is 0 Å². The predicted molar refractivity (Wildman–Crippen MR) is 99.5 cm³/mol. The number of aldehydes is 1. The van der Waals surface area contributed by atoms with Crippen LogP contribution < -0.4 is 5.32 Å². The van der Waals surface area contributed by atoms with Crippen molar-refractivity contribution >= 4 is 32.2 Å². The summed E-state index contributed by atoms with van der Waals surface area (Å²) in [4.78, 5) is 19.8. The van der Waals surface area contributed by atoms with Crippen molar-refractivity contribution in [3.05, 3.63) is 11.8 Å². The lowest BCUT2D eigenvalue weighted by atomic mass is 10.2. The van der Waals surface area contributed by atoms with Gasteiger partial charge in [0.05, 0.1) is 30.9 Å². The van der Waals surface area contributed by atoms with Gasteiger partial charge in [0.1, 0.15) is 5.82 Å². The molecule has 1 aliphatic rings. The fourth-order valence-electron chi connectivity index (χ4n) is 2.19. The van der Waals surface area contributed by atoms with Gasteiger partial charge in [-0.1, -0.05) is 32.5 Å². The maximum atomic E-state index is 11.3. The Kier molecular flexibility index (Phi) is 6.06. The van der Waals surface area contributed by atoms with E-state index in [2.05, 4.69) is 49.1 Å². The summed E-state index contributed by atoms with van der Waals surface area (Å²) in [5, 5.41) is 4.10. The molecule has 6 nitrogen and oxygen atoms in total. The third-order valence-corrected chi connectivity index (χ3v) is 9.77. The second kappa shape index (κ2) is 7.51. The fourth-order valence-corrected chi connectivity index (χ4v) is 3.87. The lowest BCUT2D eigenvalue weighted by Crippen LogP contribution is -2.48. The normalized spacial score (nSPS) is 21.8. The molecule has 0 spiro atoms.